The second-order valence-electron chi connectivity index (χ2n) is 21.8. The number of ketones is 2. The SMILES string of the molecule is COc1cc2nc(=S)n(CCCC(=O)c3cc4ccc(-c5cccnc5)cc4[nH]3)c(N)c2cc1OC.COc1cc2nc(SCc3cccc(C(F)(F)F)c3)n(CCCC(=O)c3cc4ccc(-c5cccnc5)cc4[nH]3)c(=N)c2cc1OC.FC(F)(F)c1cccc(CBr)c1.O=CO[O-].[H-].[K+].[K+]. The Labute approximate surface area is 678 Å². The summed E-state index contributed by atoms with van der Waals surface area (Å²) in [5.41, 5.74) is 14.3. The molecule has 0 amide bonds. The number of halogens is 7. The summed E-state index contributed by atoms with van der Waals surface area (Å²) >= 11 is 9.80. The minimum absolute atomic E-state index is 0. The van der Waals surface area contributed by atoms with Crippen LogP contribution in [0.25, 0.3) is 65.9 Å². The van der Waals surface area contributed by atoms with Crippen LogP contribution in [0.2, 0.25) is 0 Å². The van der Waals surface area contributed by atoms with Crippen LogP contribution in [-0.4, -0.2) is 85.5 Å². The fraction of sp³-hybridized carbons (Fsp3) is 0.197. The van der Waals surface area contributed by atoms with Crippen LogP contribution >= 0.6 is 39.9 Å². The number of pyridine rings is 2. The molecule has 0 atom stereocenters. The molecule has 0 aliphatic carbocycles. The van der Waals surface area contributed by atoms with Gasteiger partial charge >= 0.3 is 115 Å². The van der Waals surface area contributed by atoms with E-state index in [0.717, 1.165) is 68.3 Å². The van der Waals surface area contributed by atoms with Crippen LogP contribution in [0.1, 0.15) is 70.3 Å². The predicted molar refractivity (Wildman–Crippen MR) is 370 cm³/mol. The molecule has 0 aliphatic rings. The van der Waals surface area contributed by atoms with Gasteiger partial charge in [-0.2, -0.15) is 26.3 Å². The maximum absolute atomic E-state index is 13.3. The fourth-order valence-electron chi connectivity index (χ4n) is 10.5. The number of nitrogens with two attached hydrogens (primary N) is 1. The molecule has 0 bridgehead atoms. The van der Waals surface area contributed by atoms with Gasteiger partial charge in [0.05, 0.1) is 62.0 Å². The Balaban J connectivity index is 0.000000262. The first kappa shape index (κ1) is 81.2. The molecule has 0 unspecified atom stereocenters. The molecular formula is C71H63BrF6K2N10O9S2. The molecule has 0 spiro atoms. The van der Waals surface area contributed by atoms with Crippen molar-refractivity contribution >= 4 is 107 Å². The van der Waals surface area contributed by atoms with Gasteiger partial charge in [0.25, 0.3) is 6.47 Å². The van der Waals surface area contributed by atoms with Crippen molar-refractivity contribution in [1.82, 2.24) is 39.0 Å². The fourth-order valence-corrected chi connectivity index (χ4v) is 12.1. The predicted octanol–water partition coefficient (Wildman–Crippen LogP) is 9.78. The molecule has 0 radical (unpaired) electrons. The van der Waals surface area contributed by atoms with Gasteiger partial charge in [0.15, 0.2) is 39.7 Å². The van der Waals surface area contributed by atoms with Crippen molar-refractivity contribution in [2.75, 3.05) is 34.2 Å². The second-order valence-corrected chi connectivity index (χ2v) is 23.7. The number of benzene rings is 6. The quantitative estimate of drug-likeness (QED) is 0.00498. The number of Topliss-reactive ketones (excluding diaryl/α,β-unsaturated/α-hetero) is 2. The number of nitrogen functional groups attached to an aromatic ring is 1. The van der Waals surface area contributed by atoms with E-state index in [0.29, 0.717) is 114 Å². The normalized spacial score (nSPS) is 11.0. The van der Waals surface area contributed by atoms with Crippen LogP contribution in [-0.2, 0) is 46.2 Å². The zero-order valence-electron chi connectivity index (χ0n) is 56.3. The van der Waals surface area contributed by atoms with Crippen molar-refractivity contribution in [2.45, 2.75) is 67.4 Å². The van der Waals surface area contributed by atoms with Gasteiger partial charge in [0, 0.05) is 118 Å². The van der Waals surface area contributed by atoms with Crippen molar-refractivity contribution in [1.29, 1.82) is 5.41 Å². The number of carbonyl (C=O) groups is 3. The summed E-state index contributed by atoms with van der Waals surface area (Å²) in [4.78, 5) is 61.6. The molecule has 0 fully saturated rings. The van der Waals surface area contributed by atoms with Crippen molar-refractivity contribution in [3.8, 4) is 45.3 Å². The number of H-pyrrole nitrogens is 2. The van der Waals surface area contributed by atoms with Crippen LogP contribution in [0.3, 0.4) is 0 Å². The summed E-state index contributed by atoms with van der Waals surface area (Å²) in [5, 5.41) is 21.5. The number of aromatic amines is 2. The number of nitrogens with zero attached hydrogens (tertiary/aromatic N) is 6. The number of aromatic nitrogens is 8. The smallest absolute Gasteiger partial charge is 1.00 e. The Kier molecular flexibility index (Phi) is 30.4. The summed E-state index contributed by atoms with van der Waals surface area (Å²) in [7, 11) is 6.14. The Hall–Kier alpha value is -7.15. The van der Waals surface area contributed by atoms with Gasteiger partial charge in [-0.1, -0.05) is 100 Å². The second kappa shape index (κ2) is 37.9. The Morgan fingerprint density at radius 3 is 1.53 bits per heavy atom. The number of alkyl halides is 7. The molecular weight excluding hydrogens is 1470 g/mol. The summed E-state index contributed by atoms with van der Waals surface area (Å²) in [6.07, 6.45) is -0.105. The van der Waals surface area contributed by atoms with Crippen LogP contribution in [0.15, 0.2) is 176 Å². The van der Waals surface area contributed by atoms with Crippen molar-refractivity contribution in [2.24, 2.45) is 0 Å². The number of carbonyl (C=O) groups excluding carboxylic acids is 3. The van der Waals surface area contributed by atoms with Crippen LogP contribution in [0, 0.1) is 10.2 Å². The average molecular weight is 1540 g/mol. The van der Waals surface area contributed by atoms with Crippen molar-refractivity contribution in [3.05, 3.63) is 214 Å². The molecule has 0 saturated heterocycles. The van der Waals surface area contributed by atoms with Crippen LogP contribution in [0.4, 0.5) is 32.2 Å². The number of thioether (sulfide) groups is 1. The summed E-state index contributed by atoms with van der Waals surface area (Å²) < 4.78 is 102. The van der Waals surface area contributed by atoms with Gasteiger partial charge in [0.1, 0.15) is 11.3 Å². The van der Waals surface area contributed by atoms with E-state index in [-0.39, 0.29) is 146 Å². The number of nitrogens with one attached hydrogen (secondary N) is 3. The Morgan fingerprint density at radius 2 is 1.08 bits per heavy atom. The third-order valence-electron chi connectivity index (χ3n) is 15.5. The molecule has 514 valence electrons. The molecule has 12 aromatic rings. The van der Waals surface area contributed by atoms with E-state index in [1.54, 1.807) is 78.3 Å². The van der Waals surface area contributed by atoms with E-state index in [9.17, 15) is 35.9 Å². The topological polar surface area (TPSA) is 263 Å². The van der Waals surface area contributed by atoms with E-state index in [4.69, 9.17) is 57.3 Å². The number of hydrogen-bond donors (Lipinski definition) is 4. The Bertz CT molecular complexity index is 5000. The van der Waals surface area contributed by atoms with Crippen molar-refractivity contribution in [3.63, 3.8) is 0 Å². The molecule has 101 heavy (non-hydrogen) atoms. The summed E-state index contributed by atoms with van der Waals surface area (Å²) in [6.45, 7) is 0.581. The van der Waals surface area contributed by atoms with E-state index < -0.39 is 23.5 Å². The molecule has 5 N–H and O–H groups in total. The zero-order chi connectivity index (χ0) is 71.0. The molecule has 6 heterocycles. The van der Waals surface area contributed by atoms with E-state index in [1.165, 1.54) is 38.1 Å². The standard InChI is InChI=1S/C35H30F3N5O3S.C27H25N5O3S.C8H6BrF3.CH2O3.2K.H/c1-45-31-17-26-28(18-32(31)46-2)42-34(47-20-21-6-3-8-25(14-21)35(36,37)38)43(33(26)39)13-5-9-30(44)29-16-23-11-10-22(15-27(23)41-29)24-7-4-12-40-19-24;1-34-24-13-19-21(14-25(24)35-2)31-27(36)32(26(19)28)10-4-6-23(33)22-12-17-8-7-16(11-20(17)30-22)18-5-3-9-29-15-18;9-5-6-2-1-3-7(4-6)8(10,11)12;2-1-4-3;;;/h3-4,6-8,10-12,14-19,39,41H,5,9,13,20H2,1-2H3;3,5,7-9,11-15,30H,4,6,10,28H2,1-2H3;1-4H,5H2;1,3H;;;/q;;;;2*+1;-1/p-1. The van der Waals surface area contributed by atoms with Gasteiger partial charge < -0.3 is 55.4 Å². The third-order valence-corrected chi connectivity index (χ3v) is 17.5. The van der Waals surface area contributed by atoms with Crippen LogP contribution in [0.5, 0.6) is 23.0 Å². The number of methoxy groups -OCH3 is 4. The van der Waals surface area contributed by atoms with Gasteiger partial charge in [-0.3, -0.25) is 29.8 Å². The van der Waals surface area contributed by atoms with Gasteiger partial charge in [-0.05, 0) is 108 Å². The number of rotatable bonds is 21. The van der Waals surface area contributed by atoms with Crippen LogP contribution < -0.4 is 138 Å². The molecule has 6 aromatic carbocycles. The minimum Gasteiger partial charge on any atom is -1.00 e. The first-order chi connectivity index (χ1) is 47.6. The van der Waals surface area contributed by atoms with Crippen molar-refractivity contribution < 1.29 is 174 Å². The van der Waals surface area contributed by atoms with E-state index in [2.05, 4.69) is 45.7 Å². The minimum atomic E-state index is -4.45. The molecule has 6 aromatic heterocycles. The number of anilines is 1. The van der Waals surface area contributed by atoms with Gasteiger partial charge in [0.2, 0.25) is 4.77 Å². The van der Waals surface area contributed by atoms with E-state index in [1.807, 2.05) is 79.0 Å². The van der Waals surface area contributed by atoms with Gasteiger partial charge in [-0.15, -0.1) is 0 Å². The van der Waals surface area contributed by atoms with Gasteiger partial charge in [-0.25, -0.2) is 9.97 Å². The number of fused-ring (bicyclic) bond motifs is 4. The monoisotopic (exact) mass is 1530 g/mol. The first-order valence-electron chi connectivity index (χ1n) is 30.1. The average Bonchev–Trinajstić information content (AvgIpc) is 0.882. The number of ether oxygens (including phenoxy) is 4. The largest absolute Gasteiger partial charge is 1.00 e. The van der Waals surface area contributed by atoms with E-state index >= 15 is 0 Å². The molecule has 19 nitrogen and oxygen atoms in total. The number of hydrogen-bond acceptors (Lipinski definition) is 17. The first-order valence-corrected chi connectivity index (χ1v) is 32.6. The third kappa shape index (κ3) is 21.0. The summed E-state index contributed by atoms with van der Waals surface area (Å²) in [5.74, 6) is 2.62. The molecule has 30 heteroatoms. The maximum Gasteiger partial charge on any atom is 1.00 e. The molecule has 12 rings (SSSR count). The summed E-state index contributed by atoms with van der Waals surface area (Å²) in [6, 6.07) is 40.8. The molecule has 0 aliphatic heterocycles. The molecule has 0 saturated carbocycles. The maximum atomic E-state index is 13.3. The zero-order valence-corrected chi connectivity index (χ0v) is 64.8. The Morgan fingerprint density at radius 1 is 0.624 bits per heavy atom.